The first-order valence-electron chi connectivity index (χ1n) is 8.15. The lowest BCUT2D eigenvalue weighted by molar-refractivity contribution is 0.494. The SMILES string of the molecule is CCCCNc1nc(-c2c(N)n(CC(C)C)c(=O)n(C)c2=O)cs1. The summed E-state index contributed by atoms with van der Waals surface area (Å²) >= 11 is 1.43. The molecule has 2 aromatic heterocycles. The van der Waals surface area contributed by atoms with Crippen molar-refractivity contribution in [3.8, 4) is 11.3 Å². The van der Waals surface area contributed by atoms with Crippen molar-refractivity contribution in [2.24, 2.45) is 13.0 Å². The van der Waals surface area contributed by atoms with Crippen LogP contribution in [-0.4, -0.2) is 20.7 Å². The van der Waals surface area contributed by atoms with E-state index in [-0.39, 0.29) is 17.3 Å². The van der Waals surface area contributed by atoms with Crippen LogP contribution in [0.2, 0.25) is 0 Å². The van der Waals surface area contributed by atoms with Gasteiger partial charge in [0.2, 0.25) is 0 Å². The van der Waals surface area contributed by atoms with Gasteiger partial charge in [0.15, 0.2) is 5.13 Å². The molecule has 3 N–H and O–H groups in total. The molecule has 24 heavy (non-hydrogen) atoms. The fourth-order valence-corrected chi connectivity index (χ4v) is 3.14. The van der Waals surface area contributed by atoms with Gasteiger partial charge in [0.05, 0.1) is 5.69 Å². The first-order chi connectivity index (χ1) is 11.4. The molecule has 0 amide bonds. The lowest BCUT2D eigenvalue weighted by Gasteiger charge is -2.15. The summed E-state index contributed by atoms with van der Waals surface area (Å²) in [6, 6.07) is 0. The number of nitrogens with zero attached hydrogens (tertiary/aromatic N) is 3. The zero-order valence-corrected chi connectivity index (χ0v) is 15.4. The highest BCUT2D eigenvalue weighted by Gasteiger charge is 2.19. The van der Waals surface area contributed by atoms with E-state index >= 15 is 0 Å². The molecule has 0 saturated heterocycles. The maximum Gasteiger partial charge on any atom is 0.332 e. The molecule has 7 nitrogen and oxygen atoms in total. The Morgan fingerprint density at radius 2 is 2.08 bits per heavy atom. The molecule has 0 fully saturated rings. The van der Waals surface area contributed by atoms with Crippen molar-refractivity contribution in [2.45, 2.75) is 40.2 Å². The van der Waals surface area contributed by atoms with Crippen LogP contribution in [0.5, 0.6) is 0 Å². The molecule has 2 rings (SSSR count). The monoisotopic (exact) mass is 351 g/mol. The second kappa shape index (κ2) is 7.65. The van der Waals surface area contributed by atoms with Gasteiger partial charge in [-0.1, -0.05) is 27.2 Å². The molecule has 0 bridgehead atoms. The van der Waals surface area contributed by atoms with E-state index in [4.69, 9.17) is 5.73 Å². The molecule has 0 aliphatic rings. The van der Waals surface area contributed by atoms with Gasteiger partial charge < -0.3 is 11.1 Å². The Morgan fingerprint density at radius 1 is 1.38 bits per heavy atom. The molecular weight excluding hydrogens is 326 g/mol. The van der Waals surface area contributed by atoms with Crippen molar-refractivity contribution in [2.75, 3.05) is 17.6 Å². The number of anilines is 2. The Balaban J connectivity index is 2.48. The van der Waals surface area contributed by atoms with Gasteiger partial charge in [-0.25, -0.2) is 9.78 Å². The minimum Gasteiger partial charge on any atom is -0.384 e. The van der Waals surface area contributed by atoms with Crippen LogP contribution in [0.25, 0.3) is 11.3 Å². The molecule has 0 saturated carbocycles. The van der Waals surface area contributed by atoms with Crippen molar-refractivity contribution >= 4 is 22.3 Å². The highest BCUT2D eigenvalue weighted by atomic mass is 32.1. The van der Waals surface area contributed by atoms with Gasteiger partial charge in [-0.15, -0.1) is 11.3 Å². The molecule has 0 atom stereocenters. The van der Waals surface area contributed by atoms with Gasteiger partial charge in [-0.3, -0.25) is 13.9 Å². The molecule has 132 valence electrons. The molecule has 2 heterocycles. The Morgan fingerprint density at radius 3 is 2.71 bits per heavy atom. The number of aromatic nitrogens is 3. The molecule has 0 aliphatic heterocycles. The predicted molar refractivity (Wildman–Crippen MR) is 99.7 cm³/mol. The standard InChI is InChI=1S/C16H25N5O2S/c1-5-6-7-18-15-19-11(9-24-15)12-13(17)21(8-10(2)3)16(23)20(4)14(12)22/h9-10H,5-8,17H2,1-4H3,(H,18,19). The van der Waals surface area contributed by atoms with Gasteiger partial charge in [0.25, 0.3) is 5.56 Å². The molecule has 0 radical (unpaired) electrons. The van der Waals surface area contributed by atoms with Crippen LogP contribution in [0, 0.1) is 5.92 Å². The Hall–Kier alpha value is -2.09. The molecule has 0 aliphatic carbocycles. The maximum absolute atomic E-state index is 12.5. The Bertz CT molecular complexity index is 819. The third-order valence-corrected chi connectivity index (χ3v) is 4.50. The normalized spacial score (nSPS) is 11.2. The topological polar surface area (TPSA) is 94.9 Å². The van der Waals surface area contributed by atoms with E-state index in [0.29, 0.717) is 12.2 Å². The lowest BCUT2D eigenvalue weighted by atomic mass is 10.2. The second-order valence-electron chi connectivity index (χ2n) is 6.23. The van der Waals surface area contributed by atoms with Crippen molar-refractivity contribution in [1.82, 2.24) is 14.1 Å². The quantitative estimate of drug-likeness (QED) is 0.745. The molecule has 0 unspecified atom stereocenters. The zero-order valence-electron chi connectivity index (χ0n) is 14.6. The Kier molecular flexibility index (Phi) is 5.82. The molecule has 2 aromatic rings. The Labute approximate surface area is 145 Å². The van der Waals surface area contributed by atoms with Crippen LogP contribution in [0.1, 0.15) is 33.6 Å². The summed E-state index contributed by atoms with van der Waals surface area (Å²) in [6.07, 6.45) is 2.15. The molecular formula is C16H25N5O2S. The van der Waals surface area contributed by atoms with Crippen molar-refractivity contribution in [1.29, 1.82) is 0 Å². The van der Waals surface area contributed by atoms with Crippen molar-refractivity contribution < 1.29 is 0 Å². The number of hydrogen-bond acceptors (Lipinski definition) is 6. The first-order valence-corrected chi connectivity index (χ1v) is 9.03. The van der Waals surface area contributed by atoms with E-state index in [2.05, 4.69) is 17.2 Å². The van der Waals surface area contributed by atoms with E-state index in [1.54, 1.807) is 5.38 Å². The minimum atomic E-state index is -0.414. The average Bonchev–Trinajstić information content (AvgIpc) is 2.98. The third kappa shape index (κ3) is 3.69. The summed E-state index contributed by atoms with van der Waals surface area (Å²) in [7, 11) is 1.47. The number of rotatable bonds is 7. The summed E-state index contributed by atoms with van der Waals surface area (Å²) < 4.78 is 2.54. The van der Waals surface area contributed by atoms with Gasteiger partial charge in [0, 0.05) is 25.5 Å². The summed E-state index contributed by atoms with van der Waals surface area (Å²) in [6.45, 7) is 7.41. The van der Waals surface area contributed by atoms with Crippen molar-refractivity contribution in [3.05, 3.63) is 26.2 Å². The van der Waals surface area contributed by atoms with Gasteiger partial charge in [0.1, 0.15) is 11.4 Å². The molecule has 8 heteroatoms. The van der Waals surface area contributed by atoms with Crippen LogP contribution in [0.4, 0.5) is 10.9 Å². The predicted octanol–water partition coefficient (Wildman–Crippen LogP) is 2.12. The lowest BCUT2D eigenvalue weighted by Crippen LogP contribution is -2.41. The van der Waals surface area contributed by atoms with E-state index in [1.165, 1.54) is 23.0 Å². The van der Waals surface area contributed by atoms with Crippen LogP contribution in [0.3, 0.4) is 0 Å². The van der Waals surface area contributed by atoms with Crippen molar-refractivity contribution in [3.63, 3.8) is 0 Å². The molecule has 0 spiro atoms. The first kappa shape index (κ1) is 18.3. The summed E-state index contributed by atoms with van der Waals surface area (Å²) in [5, 5.41) is 5.79. The van der Waals surface area contributed by atoms with E-state index < -0.39 is 11.2 Å². The average molecular weight is 351 g/mol. The van der Waals surface area contributed by atoms with Crippen LogP contribution < -0.4 is 22.3 Å². The largest absolute Gasteiger partial charge is 0.384 e. The highest BCUT2D eigenvalue weighted by Crippen LogP contribution is 2.26. The fraction of sp³-hybridized carbons (Fsp3) is 0.562. The van der Waals surface area contributed by atoms with Gasteiger partial charge in [-0.2, -0.15) is 0 Å². The van der Waals surface area contributed by atoms with E-state index in [0.717, 1.165) is 29.1 Å². The fourth-order valence-electron chi connectivity index (χ4n) is 2.41. The third-order valence-electron chi connectivity index (χ3n) is 3.70. The van der Waals surface area contributed by atoms with Crippen LogP contribution in [-0.2, 0) is 13.6 Å². The van der Waals surface area contributed by atoms with E-state index in [1.807, 2.05) is 13.8 Å². The highest BCUT2D eigenvalue weighted by molar-refractivity contribution is 7.14. The zero-order chi connectivity index (χ0) is 17.9. The number of thiazole rings is 1. The van der Waals surface area contributed by atoms with Gasteiger partial charge in [-0.05, 0) is 12.3 Å². The number of hydrogen-bond donors (Lipinski definition) is 2. The van der Waals surface area contributed by atoms with Gasteiger partial charge >= 0.3 is 5.69 Å². The maximum atomic E-state index is 12.5. The summed E-state index contributed by atoms with van der Waals surface area (Å²) in [4.78, 5) is 29.3. The van der Waals surface area contributed by atoms with E-state index in [9.17, 15) is 9.59 Å². The minimum absolute atomic E-state index is 0.183. The second-order valence-corrected chi connectivity index (χ2v) is 7.09. The number of nitrogens with two attached hydrogens (primary N) is 1. The molecule has 0 aromatic carbocycles. The number of unbranched alkanes of at least 4 members (excludes halogenated alkanes) is 1. The number of nitrogen functional groups attached to an aromatic ring is 1. The number of nitrogens with one attached hydrogen (secondary N) is 1. The summed E-state index contributed by atoms with van der Waals surface area (Å²) in [5.74, 6) is 0.416. The van der Waals surface area contributed by atoms with Crippen LogP contribution in [0.15, 0.2) is 15.0 Å². The summed E-state index contributed by atoms with van der Waals surface area (Å²) in [5.41, 5.74) is 6.15. The smallest absolute Gasteiger partial charge is 0.332 e. The van der Waals surface area contributed by atoms with Crippen LogP contribution >= 0.6 is 11.3 Å².